The summed E-state index contributed by atoms with van der Waals surface area (Å²) in [5, 5.41) is 3.32. The van der Waals surface area contributed by atoms with Crippen LogP contribution in [-0.4, -0.2) is 75.4 Å². The molecule has 2 rings (SSSR count). The Hall–Kier alpha value is -0.160. The van der Waals surface area contributed by atoms with Gasteiger partial charge < -0.3 is 15.0 Å². The molecule has 2 heterocycles. The molecule has 0 amide bonds. The lowest BCUT2D eigenvalue weighted by atomic mass is 10.3. The quantitative estimate of drug-likeness (QED) is 0.688. The monoisotopic (exact) mass is 213 g/mol. The van der Waals surface area contributed by atoms with Crippen molar-refractivity contribution in [2.45, 2.75) is 12.5 Å². The molecule has 0 saturated carbocycles. The van der Waals surface area contributed by atoms with Gasteiger partial charge in [-0.2, -0.15) is 0 Å². The normalized spacial score (nSPS) is 29.8. The Morgan fingerprint density at radius 3 is 2.73 bits per heavy atom. The highest BCUT2D eigenvalue weighted by Crippen LogP contribution is 2.04. The third-order valence-electron chi connectivity index (χ3n) is 3.37. The van der Waals surface area contributed by atoms with Crippen LogP contribution in [0.3, 0.4) is 0 Å². The first-order valence-corrected chi connectivity index (χ1v) is 6.08. The van der Waals surface area contributed by atoms with Crippen molar-refractivity contribution >= 4 is 0 Å². The van der Waals surface area contributed by atoms with Crippen molar-refractivity contribution < 1.29 is 4.74 Å². The molecule has 0 radical (unpaired) electrons. The lowest BCUT2D eigenvalue weighted by Crippen LogP contribution is -2.45. The predicted octanol–water partition coefficient (Wildman–Crippen LogP) is -0.388. The summed E-state index contributed by atoms with van der Waals surface area (Å²) < 4.78 is 5.81. The standard InChI is InChI=1S/C11H23N3O/c1-13-4-6-14(7-5-13)8-9-15-11-2-3-12-10-11/h11-12H,2-10H2,1H3/t11-/m1/s1. The Morgan fingerprint density at radius 2 is 2.07 bits per heavy atom. The van der Waals surface area contributed by atoms with Crippen molar-refractivity contribution in [2.75, 3.05) is 59.5 Å². The van der Waals surface area contributed by atoms with Crippen LogP contribution in [0.5, 0.6) is 0 Å². The van der Waals surface area contributed by atoms with E-state index in [0.717, 1.165) is 26.2 Å². The van der Waals surface area contributed by atoms with E-state index in [1.165, 1.54) is 32.6 Å². The van der Waals surface area contributed by atoms with E-state index in [2.05, 4.69) is 22.2 Å². The highest BCUT2D eigenvalue weighted by atomic mass is 16.5. The van der Waals surface area contributed by atoms with Crippen molar-refractivity contribution in [2.24, 2.45) is 0 Å². The van der Waals surface area contributed by atoms with Gasteiger partial charge >= 0.3 is 0 Å². The molecule has 4 heteroatoms. The summed E-state index contributed by atoms with van der Waals surface area (Å²) in [5.41, 5.74) is 0. The smallest absolute Gasteiger partial charge is 0.0712 e. The fourth-order valence-electron chi connectivity index (χ4n) is 2.19. The largest absolute Gasteiger partial charge is 0.376 e. The van der Waals surface area contributed by atoms with E-state index < -0.39 is 0 Å². The van der Waals surface area contributed by atoms with Gasteiger partial charge in [0.1, 0.15) is 0 Å². The third kappa shape index (κ3) is 3.72. The van der Waals surface area contributed by atoms with Gasteiger partial charge in [-0.05, 0) is 20.0 Å². The minimum atomic E-state index is 0.470. The molecule has 0 bridgehead atoms. The molecule has 0 aromatic carbocycles. The number of nitrogens with one attached hydrogen (secondary N) is 1. The Morgan fingerprint density at radius 1 is 1.27 bits per heavy atom. The molecule has 88 valence electrons. The van der Waals surface area contributed by atoms with Crippen molar-refractivity contribution in [3.8, 4) is 0 Å². The molecule has 4 nitrogen and oxygen atoms in total. The second kappa shape index (κ2) is 5.80. The molecule has 2 aliphatic heterocycles. The van der Waals surface area contributed by atoms with Gasteiger partial charge in [0.15, 0.2) is 0 Å². The van der Waals surface area contributed by atoms with Gasteiger partial charge in [-0.25, -0.2) is 0 Å². The van der Waals surface area contributed by atoms with E-state index >= 15 is 0 Å². The third-order valence-corrected chi connectivity index (χ3v) is 3.37. The Balaban J connectivity index is 1.53. The van der Waals surface area contributed by atoms with Crippen LogP contribution in [0, 0.1) is 0 Å². The van der Waals surface area contributed by atoms with Gasteiger partial charge in [0.05, 0.1) is 12.7 Å². The summed E-state index contributed by atoms with van der Waals surface area (Å²) in [6.07, 6.45) is 1.65. The van der Waals surface area contributed by atoms with Crippen LogP contribution < -0.4 is 5.32 Å². The number of piperazine rings is 1. The first kappa shape index (κ1) is 11.3. The summed E-state index contributed by atoms with van der Waals surface area (Å²) in [7, 11) is 2.19. The average Bonchev–Trinajstić information content (AvgIpc) is 2.74. The molecule has 2 saturated heterocycles. The van der Waals surface area contributed by atoms with E-state index in [-0.39, 0.29) is 0 Å². The van der Waals surface area contributed by atoms with Gasteiger partial charge in [0.2, 0.25) is 0 Å². The Labute approximate surface area is 92.6 Å². The van der Waals surface area contributed by atoms with Crippen molar-refractivity contribution in [1.29, 1.82) is 0 Å². The van der Waals surface area contributed by atoms with Gasteiger partial charge in [-0.3, -0.25) is 4.90 Å². The van der Waals surface area contributed by atoms with Crippen LogP contribution >= 0.6 is 0 Å². The number of rotatable bonds is 4. The molecule has 1 N–H and O–H groups in total. The molecule has 0 aliphatic carbocycles. The number of hydrogen-bond acceptors (Lipinski definition) is 4. The second-order valence-corrected chi connectivity index (χ2v) is 4.63. The first-order valence-electron chi connectivity index (χ1n) is 6.08. The molecule has 0 unspecified atom stereocenters. The topological polar surface area (TPSA) is 27.7 Å². The molecule has 1 atom stereocenters. The van der Waals surface area contributed by atoms with E-state index in [0.29, 0.717) is 6.10 Å². The zero-order chi connectivity index (χ0) is 10.5. The fourth-order valence-corrected chi connectivity index (χ4v) is 2.19. The second-order valence-electron chi connectivity index (χ2n) is 4.63. The van der Waals surface area contributed by atoms with Crippen LogP contribution in [-0.2, 0) is 4.74 Å². The highest BCUT2D eigenvalue weighted by Gasteiger charge is 2.16. The van der Waals surface area contributed by atoms with Crippen molar-refractivity contribution in [1.82, 2.24) is 15.1 Å². The molecular formula is C11H23N3O. The average molecular weight is 213 g/mol. The molecule has 2 fully saturated rings. The maximum atomic E-state index is 5.81. The molecule has 0 spiro atoms. The van der Waals surface area contributed by atoms with Crippen LogP contribution in [0.25, 0.3) is 0 Å². The lowest BCUT2D eigenvalue weighted by molar-refractivity contribution is 0.0396. The molecule has 2 aliphatic rings. The maximum absolute atomic E-state index is 5.81. The van der Waals surface area contributed by atoms with Gasteiger partial charge in [-0.1, -0.05) is 0 Å². The molecule has 15 heavy (non-hydrogen) atoms. The van der Waals surface area contributed by atoms with Gasteiger partial charge in [0.25, 0.3) is 0 Å². The van der Waals surface area contributed by atoms with Gasteiger partial charge in [-0.15, -0.1) is 0 Å². The van der Waals surface area contributed by atoms with Gasteiger partial charge in [0, 0.05) is 39.3 Å². The molecule has 0 aromatic heterocycles. The van der Waals surface area contributed by atoms with Crippen molar-refractivity contribution in [3.05, 3.63) is 0 Å². The maximum Gasteiger partial charge on any atom is 0.0712 e. The summed E-state index contributed by atoms with van der Waals surface area (Å²) in [6, 6.07) is 0. The number of hydrogen-bond donors (Lipinski definition) is 1. The first-order chi connectivity index (χ1) is 7.34. The Bertz CT molecular complexity index is 175. The summed E-state index contributed by atoms with van der Waals surface area (Å²) in [6.45, 7) is 8.96. The van der Waals surface area contributed by atoms with E-state index in [4.69, 9.17) is 4.74 Å². The molecule has 0 aromatic rings. The van der Waals surface area contributed by atoms with Crippen LogP contribution in [0.4, 0.5) is 0 Å². The summed E-state index contributed by atoms with van der Waals surface area (Å²) in [5.74, 6) is 0. The van der Waals surface area contributed by atoms with Crippen LogP contribution in [0.15, 0.2) is 0 Å². The van der Waals surface area contributed by atoms with E-state index in [1.54, 1.807) is 0 Å². The number of nitrogens with zero attached hydrogens (tertiary/aromatic N) is 2. The summed E-state index contributed by atoms with van der Waals surface area (Å²) >= 11 is 0. The lowest BCUT2D eigenvalue weighted by Gasteiger charge is -2.32. The van der Waals surface area contributed by atoms with Crippen LogP contribution in [0.2, 0.25) is 0 Å². The molecular weight excluding hydrogens is 190 g/mol. The minimum Gasteiger partial charge on any atom is -0.376 e. The predicted molar refractivity (Wildman–Crippen MR) is 61.2 cm³/mol. The fraction of sp³-hybridized carbons (Fsp3) is 1.00. The zero-order valence-electron chi connectivity index (χ0n) is 9.74. The highest BCUT2D eigenvalue weighted by molar-refractivity contribution is 4.72. The summed E-state index contributed by atoms with van der Waals surface area (Å²) in [4.78, 5) is 4.89. The van der Waals surface area contributed by atoms with Crippen LogP contribution in [0.1, 0.15) is 6.42 Å². The van der Waals surface area contributed by atoms with E-state index in [1.807, 2.05) is 0 Å². The Kier molecular flexibility index (Phi) is 4.38. The number of likely N-dealkylation sites (N-methyl/N-ethyl adjacent to an activating group) is 1. The number of ether oxygens (including phenoxy) is 1. The minimum absolute atomic E-state index is 0.470. The van der Waals surface area contributed by atoms with E-state index in [9.17, 15) is 0 Å². The zero-order valence-corrected chi connectivity index (χ0v) is 9.74. The van der Waals surface area contributed by atoms with Crippen molar-refractivity contribution in [3.63, 3.8) is 0 Å². The SMILES string of the molecule is CN1CCN(CCO[C@@H]2CCNC2)CC1.